The summed E-state index contributed by atoms with van der Waals surface area (Å²) in [7, 11) is 3.23. The van der Waals surface area contributed by atoms with E-state index in [1.54, 1.807) is 45.2 Å². The van der Waals surface area contributed by atoms with E-state index in [1.165, 1.54) is 35.9 Å². The van der Waals surface area contributed by atoms with Gasteiger partial charge in [0.2, 0.25) is 0 Å². The molecule has 0 saturated carbocycles. The molecular formula is C26H31ClFN5O4S. The quantitative estimate of drug-likeness (QED) is 0.154. The van der Waals surface area contributed by atoms with Crippen molar-refractivity contribution in [3.05, 3.63) is 74.3 Å². The van der Waals surface area contributed by atoms with Crippen molar-refractivity contribution in [2.75, 3.05) is 30.2 Å². The van der Waals surface area contributed by atoms with E-state index in [1.807, 2.05) is 0 Å². The number of ether oxygens (including phenoxy) is 1. The zero-order valence-corrected chi connectivity index (χ0v) is 23.1. The van der Waals surface area contributed by atoms with Crippen molar-refractivity contribution in [3.63, 3.8) is 0 Å². The molecule has 9 nitrogen and oxygen atoms in total. The number of aliphatic hydroxyl groups is 1. The Labute approximate surface area is 230 Å². The molecular weight excluding hydrogens is 533 g/mol. The first-order valence-corrected chi connectivity index (χ1v) is 13.1. The molecule has 12 heteroatoms. The van der Waals surface area contributed by atoms with Crippen LogP contribution in [0.3, 0.4) is 0 Å². The summed E-state index contributed by atoms with van der Waals surface area (Å²) < 4.78 is 28.1. The van der Waals surface area contributed by atoms with Crippen LogP contribution in [0.2, 0.25) is 5.02 Å². The van der Waals surface area contributed by atoms with Gasteiger partial charge < -0.3 is 25.2 Å². The predicted molar refractivity (Wildman–Crippen MR) is 151 cm³/mol. The van der Waals surface area contributed by atoms with Gasteiger partial charge in [-0.1, -0.05) is 23.7 Å². The molecule has 0 aliphatic rings. The van der Waals surface area contributed by atoms with Crippen molar-refractivity contribution in [3.8, 4) is 11.5 Å². The largest absolute Gasteiger partial charge is 0.454 e. The van der Waals surface area contributed by atoms with Crippen molar-refractivity contribution in [1.29, 1.82) is 0 Å². The van der Waals surface area contributed by atoms with Gasteiger partial charge in [-0.2, -0.15) is 0 Å². The second-order valence-electron chi connectivity index (χ2n) is 8.46. The maximum absolute atomic E-state index is 14.8. The molecule has 1 amide bonds. The Balaban J connectivity index is 2.17. The highest BCUT2D eigenvalue weighted by Gasteiger charge is 2.27. The molecule has 2 aromatic carbocycles. The number of nitrogens with one attached hydrogen (secondary N) is 4. The van der Waals surface area contributed by atoms with E-state index < -0.39 is 17.3 Å². The average Bonchev–Trinajstić information content (AvgIpc) is 2.89. The second kappa shape index (κ2) is 13.5. The number of rotatable bonds is 12. The van der Waals surface area contributed by atoms with Gasteiger partial charge >= 0.3 is 0 Å². The van der Waals surface area contributed by atoms with Crippen LogP contribution in [0.1, 0.15) is 34.3 Å². The molecule has 3 aromatic rings. The smallest absolute Gasteiger partial charge is 0.258 e. The lowest BCUT2D eigenvalue weighted by molar-refractivity contribution is 0.0949. The van der Waals surface area contributed by atoms with E-state index >= 15 is 0 Å². The summed E-state index contributed by atoms with van der Waals surface area (Å²) in [6.45, 7) is 3.58. The summed E-state index contributed by atoms with van der Waals surface area (Å²) in [5.74, 6) is -0.829. The number of benzene rings is 2. The number of carbonyl (C=O) groups excluding carboxylic acids is 1. The first-order chi connectivity index (χ1) is 18.2. The first kappa shape index (κ1) is 29.3. The molecule has 1 heterocycles. The first-order valence-electron chi connectivity index (χ1n) is 11.9. The fourth-order valence-corrected chi connectivity index (χ4v) is 4.31. The van der Waals surface area contributed by atoms with Crippen molar-refractivity contribution >= 4 is 46.8 Å². The SMILES string of the molecule is CNSNc1cccc(Oc2c(C(=O)NCCCCO)c(Nc3ccc(C)cc3F)n(C)c(=O)c2C)c1Cl. The van der Waals surface area contributed by atoms with E-state index in [0.29, 0.717) is 18.5 Å². The molecule has 0 unspecified atom stereocenters. The van der Waals surface area contributed by atoms with Gasteiger partial charge in [-0.3, -0.25) is 14.2 Å². The van der Waals surface area contributed by atoms with E-state index in [9.17, 15) is 14.0 Å². The number of anilines is 3. The highest BCUT2D eigenvalue weighted by atomic mass is 35.5. The van der Waals surface area contributed by atoms with Crippen LogP contribution in [0.15, 0.2) is 41.2 Å². The lowest BCUT2D eigenvalue weighted by Gasteiger charge is -2.22. The number of aliphatic hydroxyl groups excluding tert-OH is 1. The van der Waals surface area contributed by atoms with E-state index in [-0.39, 0.29) is 52.3 Å². The molecule has 5 N–H and O–H groups in total. The molecule has 204 valence electrons. The number of aryl methyl sites for hydroxylation is 1. The summed E-state index contributed by atoms with van der Waals surface area (Å²) in [6, 6.07) is 9.67. The molecule has 1 aromatic heterocycles. The number of unbranched alkanes of at least 4 members (excludes halogenated alkanes) is 1. The molecule has 3 rings (SSSR count). The minimum atomic E-state index is -0.543. The van der Waals surface area contributed by atoms with Gasteiger partial charge in [-0.25, -0.2) is 9.11 Å². The van der Waals surface area contributed by atoms with Gasteiger partial charge in [-0.15, -0.1) is 0 Å². The van der Waals surface area contributed by atoms with Crippen LogP contribution in [0, 0.1) is 19.7 Å². The number of aromatic nitrogens is 1. The summed E-state index contributed by atoms with van der Waals surface area (Å²) in [6.07, 6.45) is 1.05. The summed E-state index contributed by atoms with van der Waals surface area (Å²) in [5, 5.41) is 15.0. The summed E-state index contributed by atoms with van der Waals surface area (Å²) in [5.41, 5.74) is 1.09. The highest BCUT2D eigenvalue weighted by Crippen LogP contribution is 2.39. The standard InChI is InChI=1S/C26H31ClFN5O4S/c1-15-10-11-18(17(28)14-15)31-24-21(25(35)30-12-5-6-13-34)23(16(2)26(36)33(24)4)37-20-9-7-8-19(22(20)27)32-38-29-3/h7-11,14,29,31-32,34H,5-6,12-13H2,1-4H3,(H,30,35). The van der Waals surface area contributed by atoms with Gasteiger partial charge in [0.15, 0.2) is 5.75 Å². The van der Waals surface area contributed by atoms with Gasteiger partial charge in [-0.05, 0) is 63.6 Å². The average molecular weight is 564 g/mol. The Morgan fingerprint density at radius 1 is 1.18 bits per heavy atom. The number of halogens is 2. The van der Waals surface area contributed by atoms with E-state index in [4.69, 9.17) is 21.4 Å². The fraction of sp³-hybridized carbons (Fsp3) is 0.308. The van der Waals surface area contributed by atoms with Crippen LogP contribution in [0.5, 0.6) is 11.5 Å². The van der Waals surface area contributed by atoms with Crippen LogP contribution in [-0.2, 0) is 7.05 Å². The van der Waals surface area contributed by atoms with Gasteiger partial charge in [0, 0.05) is 32.3 Å². The zero-order valence-electron chi connectivity index (χ0n) is 21.6. The topological polar surface area (TPSA) is 117 Å². The van der Waals surface area contributed by atoms with Crippen LogP contribution in [-0.4, -0.2) is 35.8 Å². The number of carbonyl (C=O) groups is 1. The Morgan fingerprint density at radius 2 is 1.95 bits per heavy atom. The lowest BCUT2D eigenvalue weighted by Crippen LogP contribution is -2.31. The Kier molecular flexibility index (Phi) is 10.4. The Bertz CT molecular complexity index is 1370. The van der Waals surface area contributed by atoms with E-state index in [0.717, 1.165) is 5.56 Å². The van der Waals surface area contributed by atoms with Gasteiger partial charge in [0.25, 0.3) is 11.5 Å². The highest BCUT2D eigenvalue weighted by molar-refractivity contribution is 7.98. The van der Waals surface area contributed by atoms with Crippen molar-refractivity contribution < 1.29 is 19.0 Å². The molecule has 0 saturated heterocycles. The Hall–Kier alpha value is -3.25. The maximum Gasteiger partial charge on any atom is 0.258 e. The summed E-state index contributed by atoms with van der Waals surface area (Å²) >= 11 is 7.78. The third-order valence-corrected chi connectivity index (χ3v) is 6.59. The number of hydrogen-bond acceptors (Lipinski definition) is 8. The summed E-state index contributed by atoms with van der Waals surface area (Å²) in [4.78, 5) is 26.7. The fourth-order valence-electron chi connectivity index (χ4n) is 3.66. The number of pyridine rings is 1. The molecule has 0 atom stereocenters. The molecule has 0 fully saturated rings. The van der Waals surface area contributed by atoms with Crippen LogP contribution in [0.4, 0.5) is 21.6 Å². The third-order valence-electron chi connectivity index (χ3n) is 5.68. The minimum Gasteiger partial charge on any atom is -0.454 e. The van der Waals surface area contributed by atoms with Crippen molar-refractivity contribution in [2.24, 2.45) is 7.05 Å². The van der Waals surface area contributed by atoms with E-state index in [2.05, 4.69) is 20.1 Å². The molecule has 38 heavy (non-hydrogen) atoms. The van der Waals surface area contributed by atoms with Crippen LogP contribution >= 0.6 is 23.7 Å². The number of amides is 1. The Morgan fingerprint density at radius 3 is 2.63 bits per heavy atom. The minimum absolute atomic E-state index is 0.00258. The van der Waals surface area contributed by atoms with Crippen molar-refractivity contribution in [2.45, 2.75) is 26.7 Å². The normalized spacial score (nSPS) is 10.8. The third kappa shape index (κ3) is 6.79. The number of hydrogen-bond donors (Lipinski definition) is 5. The second-order valence-corrected chi connectivity index (χ2v) is 9.66. The molecule has 0 radical (unpaired) electrons. The van der Waals surface area contributed by atoms with Gasteiger partial charge in [0.1, 0.15) is 28.0 Å². The zero-order chi connectivity index (χ0) is 27.8. The number of nitrogens with zero attached hydrogens (tertiary/aromatic N) is 1. The van der Waals surface area contributed by atoms with Crippen LogP contribution < -0.4 is 30.4 Å². The van der Waals surface area contributed by atoms with Crippen molar-refractivity contribution in [1.82, 2.24) is 14.6 Å². The van der Waals surface area contributed by atoms with Gasteiger partial charge in [0.05, 0.1) is 16.9 Å². The van der Waals surface area contributed by atoms with Crippen LogP contribution in [0.25, 0.3) is 0 Å². The molecule has 0 aliphatic heterocycles. The molecule has 0 bridgehead atoms. The maximum atomic E-state index is 14.8. The molecule has 0 aliphatic carbocycles. The monoisotopic (exact) mass is 563 g/mol. The lowest BCUT2D eigenvalue weighted by atomic mass is 10.1. The predicted octanol–water partition coefficient (Wildman–Crippen LogP) is 5.03. The molecule has 0 spiro atoms.